The van der Waals surface area contributed by atoms with E-state index in [1.807, 2.05) is 0 Å². The van der Waals surface area contributed by atoms with Gasteiger partial charge in [-0.1, -0.05) is 13.0 Å². The lowest BCUT2D eigenvalue weighted by Gasteiger charge is -2.43. The Bertz CT molecular complexity index is 1410. The molecule has 1 aromatic rings. The molecule has 9 N–H and O–H groups in total. The molecule has 50 heavy (non-hydrogen) atoms. The molecule has 3 fully saturated rings. The lowest BCUT2D eigenvalue weighted by molar-refractivity contribution is -0.342. The average molecular weight is 715 g/mol. The van der Waals surface area contributed by atoms with Crippen molar-refractivity contribution < 1.29 is 88.7 Å². The molecule has 0 radical (unpaired) electrons. The van der Waals surface area contributed by atoms with Gasteiger partial charge in [0.2, 0.25) is 12.6 Å². The molecule has 0 spiro atoms. The number of aliphatic hydroxyl groups is 8. The van der Waals surface area contributed by atoms with Crippen molar-refractivity contribution in [3.63, 3.8) is 0 Å². The predicted molar refractivity (Wildman–Crippen MR) is 163 cm³/mol. The molecule has 15 atom stereocenters. The van der Waals surface area contributed by atoms with Crippen LogP contribution in [0, 0.1) is 17.8 Å². The Morgan fingerprint density at radius 2 is 1.48 bits per heavy atom. The van der Waals surface area contributed by atoms with Gasteiger partial charge in [0.1, 0.15) is 54.9 Å². The molecule has 3 aliphatic heterocycles. The van der Waals surface area contributed by atoms with Crippen LogP contribution in [0.5, 0.6) is 11.5 Å². The number of carboxylic acid groups (broad SMARTS) is 1. The number of methoxy groups -OCH3 is 1. The van der Waals surface area contributed by atoms with Crippen molar-refractivity contribution in [3.05, 3.63) is 41.7 Å². The van der Waals surface area contributed by atoms with Gasteiger partial charge >= 0.3 is 11.9 Å². The van der Waals surface area contributed by atoms with Crippen LogP contribution in [0.15, 0.2) is 36.1 Å². The van der Waals surface area contributed by atoms with Crippen molar-refractivity contribution >= 4 is 18.0 Å². The zero-order chi connectivity index (χ0) is 36.4. The highest BCUT2D eigenvalue weighted by Gasteiger charge is 2.54. The topological polar surface area (TPSA) is 281 Å². The lowest BCUT2D eigenvalue weighted by atomic mass is 9.83. The van der Waals surface area contributed by atoms with Gasteiger partial charge in [-0.15, -0.1) is 0 Å². The number of carboxylic acids is 1. The van der Waals surface area contributed by atoms with Gasteiger partial charge < -0.3 is 79.1 Å². The van der Waals surface area contributed by atoms with Crippen LogP contribution in [-0.2, 0) is 33.3 Å². The number of hydrogen-bond acceptors (Lipinski definition) is 17. The Morgan fingerprint density at radius 1 is 0.860 bits per heavy atom. The van der Waals surface area contributed by atoms with E-state index in [0.29, 0.717) is 5.56 Å². The Kier molecular flexibility index (Phi) is 12.0. The smallest absolute Gasteiger partial charge is 0.334 e. The van der Waals surface area contributed by atoms with Gasteiger partial charge in [0.25, 0.3) is 0 Å². The SMILES string of the molecule is COc1cc(C=CC(=O)O[C@H]2C[C@@H]3C(C(=O)O)=CO[C@H](O[C@H]4O[C@@H](CO)[C@H](O)[C@H](O)[C@@H]4O)[C@@H]3[C@H]2C)ccc1O[C@H]1O[C@@H](CO)[C@H](O)[C@H](O)[C@@H]1O. The number of benzene rings is 1. The third-order valence-corrected chi connectivity index (χ3v) is 9.51. The third-order valence-electron chi connectivity index (χ3n) is 9.51. The number of hydrogen-bond donors (Lipinski definition) is 9. The highest BCUT2D eigenvalue weighted by Crippen LogP contribution is 2.48. The number of aliphatic carboxylic acids is 1. The summed E-state index contributed by atoms with van der Waals surface area (Å²) in [6, 6.07) is 4.49. The highest BCUT2D eigenvalue weighted by molar-refractivity contribution is 5.88. The van der Waals surface area contributed by atoms with Crippen LogP contribution in [0.4, 0.5) is 0 Å². The number of ether oxygens (including phenoxy) is 7. The molecule has 18 heteroatoms. The van der Waals surface area contributed by atoms with E-state index in [-0.39, 0.29) is 23.5 Å². The molecule has 5 rings (SSSR count). The van der Waals surface area contributed by atoms with Crippen molar-refractivity contribution in [3.8, 4) is 11.5 Å². The fourth-order valence-electron chi connectivity index (χ4n) is 6.65. The Hall–Kier alpha value is -3.40. The average Bonchev–Trinajstić information content (AvgIpc) is 3.43. The van der Waals surface area contributed by atoms with Gasteiger partial charge in [-0.25, -0.2) is 9.59 Å². The molecular formula is C32H42O18. The first-order valence-corrected chi connectivity index (χ1v) is 15.9. The van der Waals surface area contributed by atoms with Crippen LogP contribution in [0.25, 0.3) is 6.08 Å². The monoisotopic (exact) mass is 714 g/mol. The number of esters is 1. The maximum absolute atomic E-state index is 13.0. The summed E-state index contributed by atoms with van der Waals surface area (Å²) in [6.07, 6.45) is -13.6. The maximum atomic E-state index is 13.0. The minimum Gasteiger partial charge on any atom is -0.493 e. The summed E-state index contributed by atoms with van der Waals surface area (Å²) in [5.41, 5.74) is 0.383. The van der Waals surface area contributed by atoms with Crippen molar-refractivity contribution in [2.24, 2.45) is 17.8 Å². The summed E-state index contributed by atoms with van der Waals surface area (Å²) >= 11 is 0. The van der Waals surface area contributed by atoms with E-state index in [1.54, 1.807) is 13.0 Å². The molecule has 0 unspecified atom stereocenters. The molecule has 1 aromatic carbocycles. The molecule has 0 amide bonds. The van der Waals surface area contributed by atoms with E-state index < -0.39 is 117 Å². The molecule has 18 nitrogen and oxygen atoms in total. The van der Waals surface area contributed by atoms with Crippen LogP contribution >= 0.6 is 0 Å². The number of carbonyl (C=O) groups excluding carboxylic acids is 1. The normalized spacial score (nSPS) is 40.0. The van der Waals surface area contributed by atoms with E-state index in [4.69, 9.17) is 33.2 Å². The molecular weight excluding hydrogens is 672 g/mol. The highest BCUT2D eigenvalue weighted by atomic mass is 16.8. The van der Waals surface area contributed by atoms with Gasteiger partial charge in [-0.05, 0) is 30.2 Å². The van der Waals surface area contributed by atoms with Crippen LogP contribution in [0.3, 0.4) is 0 Å². The first kappa shape index (κ1) is 37.8. The van der Waals surface area contributed by atoms with Gasteiger partial charge in [0.05, 0.1) is 32.2 Å². The summed E-state index contributed by atoms with van der Waals surface area (Å²) < 4.78 is 39.0. The summed E-state index contributed by atoms with van der Waals surface area (Å²) in [6.45, 7) is 0.397. The van der Waals surface area contributed by atoms with E-state index in [9.17, 15) is 55.5 Å². The van der Waals surface area contributed by atoms with Crippen LogP contribution in [0.1, 0.15) is 18.9 Å². The zero-order valence-corrected chi connectivity index (χ0v) is 26.9. The fraction of sp³-hybridized carbons (Fsp3) is 0.625. The number of fused-ring (bicyclic) bond motifs is 1. The maximum Gasteiger partial charge on any atom is 0.334 e. The Morgan fingerprint density at radius 3 is 2.08 bits per heavy atom. The molecule has 0 aromatic heterocycles. The molecule has 3 heterocycles. The van der Waals surface area contributed by atoms with Gasteiger partial charge in [0, 0.05) is 23.8 Å². The number of rotatable bonds is 11. The quantitative estimate of drug-likeness (QED) is 0.0827. The molecule has 1 saturated carbocycles. The fourth-order valence-corrected chi connectivity index (χ4v) is 6.65. The second-order valence-electron chi connectivity index (χ2n) is 12.5. The standard InChI is InChI=1S/C32H42O18/c1-12-17(8-14-15(29(42)43)11-45-30(22(12)14)50-32-28(41)26(39)24(37)20(10-34)49-32)46-21(35)6-4-13-3-5-16(18(7-13)44-2)47-31-27(40)25(38)23(36)19(9-33)48-31/h3-7,11-12,14,17,19-20,22-28,30-34,36-41H,8-10H2,1-2H3,(H,42,43)/t12-,14+,17-,19-,20-,22+,23-,24-,25-,26-,27-,28-,30+,31-,32+/m0/s1. The van der Waals surface area contributed by atoms with Crippen molar-refractivity contribution in [2.45, 2.75) is 87.2 Å². The van der Waals surface area contributed by atoms with Crippen molar-refractivity contribution in [1.82, 2.24) is 0 Å². The Labute approximate surface area is 285 Å². The largest absolute Gasteiger partial charge is 0.493 e. The van der Waals surface area contributed by atoms with E-state index >= 15 is 0 Å². The van der Waals surface area contributed by atoms with Crippen LogP contribution in [-0.4, -0.2) is 152 Å². The molecule has 2 saturated heterocycles. The Balaban J connectivity index is 1.24. The van der Waals surface area contributed by atoms with Gasteiger partial charge in [-0.2, -0.15) is 0 Å². The molecule has 4 aliphatic rings. The third kappa shape index (κ3) is 7.60. The first-order chi connectivity index (χ1) is 23.8. The molecule has 278 valence electrons. The summed E-state index contributed by atoms with van der Waals surface area (Å²) in [5, 5.41) is 89.8. The van der Waals surface area contributed by atoms with Crippen LogP contribution in [0.2, 0.25) is 0 Å². The van der Waals surface area contributed by atoms with Crippen molar-refractivity contribution in [1.29, 1.82) is 0 Å². The summed E-state index contributed by atoms with van der Waals surface area (Å²) in [5.74, 6) is -3.70. The summed E-state index contributed by atoms with van der Waals surface area (Å²) in [4.78, 5) is 25.0. The van der Waals surface area contributed by atoms with Crippen LogP contribution < -0.4 is 9.47 Å². The van der Waals surface area contributed by atoms with Gasteiger partial charge in [-0.3, -0.25) is 0 Å². The molecule has 0 bridgehead atoms. The second kappa shape index (κ2) is 15.9. The second-order valence-corrected chi connectivity index (χ2v) is 12.5. The first-order valence-electron chi connectivity index (χ1n) is 15.9. The van der Waals surface area contributed by atoms with Crippen molar-refractivity contribution in [2.75, 3.05) is 20.3 Å². The van der Waals surface area contributed by atoms with E-state index in [2.05, 4.69) is 0 Å². The zero-order valence-electron chi connectivity index (χ0n) is 26.9. The number of carbonyl (C=O) groups is 2. The lowest BCUT2D eigenvalue weighted by Crippen LogP contribution is -2.60. The minimum absolute atomic E-state index is 0.0808. The van der Waals surface area contributed by atoms with E-state index in [0.717, 1.165) is 12.3 Å². The van der Waals surface area contributed by atoms with Gasteiger partial charge in [0.15, 0.2) is 17.8 Å². The number of aliphatic hydroxyl groups excluding tert-OH is 8. The van der Waals surface area contributed by atoms with E-state index in [1.165, 1.54) is 25.3 Å². The summed E-state index contributed by atoms with van der Waals surface area (Å²) in [7, 11) is 1.34. The molecule has 1 aliphatic carbocycles. The minimum atomic E-state index is -1.72. The predicted octanol–water partition coefficient (Wildman–Crippen LogP) is -2.79.